The summed E-state index contributed by atoms with van der Waals surface area (Å²) in [6.07, 6.45) is 5.72. The number of ether oxygens (including phenoxy) is 2. The third kappa shape index (κ3) is 6.07. The van der Waals surface area contributed by atoms with Gasteiger partial charge in [-0.05, 0) is 31.0 Å². The number of benzene rings is 1. The van der Waals surface area contributed by atoms with Crippen LogP contribution in [-0.4, -0.2) is 48.0 Å². The van der Waals surface area contributed by atoms with Crippen LogP contribution in [0.1, 0.15) is 42.5 Å². The quantitative estimate of drug-likeness (QED) is 0.483. The molecule has 0 saturated heterocycles. The lowest BCUT2D eigenvalue weighted by molar-refractivity contribution is -0.119. The van der Waals surface area contributed by atoms with Crippen molar-refractivity contribution in [1.29, 1.82) is 0 Å². The summed E-state index contributed by atoms with van der Waals surface area (Å²) < 4.78 is 11.0. The van der Waals surface area contributed by atoms with Crippen LogP contribution in [0.3, 0.4) is 0 Å². The minimum atomic E-state index is -0.325. The summed E-state index contributed by atoms with van der Waals surface area (Å²) in [7, 11) is 3.05. The number of hydrogen-bond donors (Lipinski definition) is 2. The van der Waals surface area contributed by atoms with Gasteiger partial charge in [-0.2, -0.15) is 0 Å². The Balaban J connectivity index is 1.50. The van der Waals surface area contributed by atoms with E-state index in [0.29, 0.717) is 32.6 Å². The van der Waals surface area contributed by atoms with E-state index < -0.39 is 0 Å². The summed E-state index contributed by atoms with van der Waals surface area (Å²) in [5, 5.41) is 14.2. The fraction of sp³-hybridized carbons (Fsp3) is 0.474. The molecule has 0 atom stereocenters. The molecule has 3 rings (SSSR count). The summed E-state index contributed by atoms with van der Waals surface area (Å²) >= 11 is 2.55. The molecule has 8 nitrogen and oxygen atoms in total. The predicted octanol–water partition coefficient (Wildman–Crippen LogP) is 3.35. The highest BCUT2D eigenvalue weighted by Gasteiger charge is 2.17. The van der Waals surface area contributed by atoms with Crippen molar-refractivity contribution in [3.8, 4) is 11.5 Å². The molecule has 1 heterocycles. The zero-order valence-electron chi connectivity index (χ0n) is 16.4. The first-order valence-electron chi connectivity index (χ1n) is 9.38. The van der Waals surface area contributed by atoms with E-state index in [1.807, 2.05) is 0 Å². The number of carbonyl (C=O) groups is 2. The first-order valence-corrected chi connectivity index (χ1v) is 11.2. The van der Waals surface area contributed by atoms with Crippen molar-refractivity contribution < 1.29 is 19.1 Å². The average molecular weight is 437 g/mol. The Morgan fingerprint density at radius 2 is 1.90 bits per heavy atom. The molecule has 0 bridgehead atoms. The van der Waals surface area contributed by atoms with Gasteiger partial charge >= 0.3 is 0 Å². The molecule has 0 unspecified atom stereocenters. The van der Waals surface area contributed by atoms with Gasteiger partial charge in [0.1, 0.15) is 0 Å². The van der Waals surface area contributed by atoms with Crippen LogP contribution in [0.2, 0.25) is 0 Å². The van der Waals surface area contributed by atoms with E-state index in [1.54, 1.807) is 18.2 Å². The van der Waals surface area contributed by atoms with E-state index in [1.165, 1.54) is 56.6 Å². The number of aromatic nitrogens is 2. The molecular formula is C19H24N4O4S2. The zero-order chi connectivity index (χ0) is 20.6. The molecule has 1 aromatic heterocycles. The molecule has 1 aromatic carbocycles. The highest BCUT2D eigenvalue weighted by Crippen LogP contribution is 2.29. The van der Waals surface area contributed by atoms with Crippen molar-refractivity contribution in [2.24, 2.45) is 0 Å². The number of carbonyl (C=O) groups excluding carboxylic acids is 2. The normalized spacial score (nSPS) is 14.3. The fourth-order valence-electron chi connectivity index (χ4n) is 3.11. The SMILES string of the molecule is COc1ccc(C(=O)Nc2nnc(SCC(=O)NC3CCCCC3)s2)cc1OC. The number of methoxy groups -OCH3 is 2. The summed E-state index contributed by atoms with van der Waals surface area (Å²) in [4.78, 5) is 24.5. The number of anilines is 1. The average Bonchev–Trinajstić information content (AvgIpc) is 3.19. The summed E-state index contributed by atoms with van der Waals surface area (Å²) in [6, 6.07) is 5.20. The Hall–Kier alpha value is -2.33. The number of thioether (sulfide) groups is 1. The van der Waals surface area contributed by atoms with Crippen LogP contribution in [0.4, 0.5) is 5.13 Å². The van der Waals surface area contributed by atoms with Gasteiger partial charge in [-0.15, -0.1) is 10.2 Å². The molecule has 1 aliphatic rings. The molecule has 2 N–H and O–H groups in total. The monoisotopic (exact) mass is 436 g/mol. The van der Waals surface area contributed by atoms with Crippen molar-refractivity contribution in [3.05, 3.63) is 23.8 Å². The van der Waals surface area contributed by atoms with Crippen LogP contribution in [0.25, 0.3) is 0 Å². The van der Waals surface area contributed by atoms with Gasteiger partial charge in [-0.1, -0.05) is 42.4 Å². The third-order valence-electron chi connectivity index (χ3n) is 4.57. The smallest absolute Gasteiger partial charge is 0.257 e. The van der Waals surface area contributed by atoms with Gasteiger partial charge in [0.2, 0.25) is 11.0 Å². The predicted molar refractivity (Wildman–Crippen MR) is 113 cm³/mol. The van der Waals surface area contributed by atoms with Gasteiger partial charge < -0.3 is 14.8 Å². The van der Waals surface area contributed by atoms with Crippen molar-refractivity contribution in [2.75, 3.05) is 25.3 Å². The van der Waals surface area contributed by atoms with E-state index in [9.17, 15) is 9.59 Å². The van der Waals surface area contributed by atoms with Crippen molar-refractivity contribution >= 4 is 40.0 Å². The Kier molecular flexibility index (Phi) is 7.70. The molecule has 10 heteroatoms. The number of hydrogen-bond acceptors (Lipinski definition) is 8. The second kappa shape index (κ2) is 10.4. The van der Waals surface area contributed by atoms with Crippen molar-refractivity contribution in [3.63, 3.8) is 0 Å². The molecule has 1 aliphatic carbocycles. The molecule has 1 saturated carbocycles. The largest absolute Gasteiger partial charge is 0.493 e. The lowest BCUT2D eigenvalue weighted by atomic mass is 9.95. The molecular weight excluding hydrogens is 412 g/mol. The van der Waals surface area contributed by atoms with Gasteiger partial charge in [-0.25, -0.2) is 0 Å². The third-order valence-corrected chi connectivity index (χ3v) is 6.54. The zero-order valence-corrected chi connectivity index (χ0v) is 18.0. The van der Waals surface area contributed by atoms with E-state index >= 15 is 0 Å². The van der Waals surface area contributed by atoms with Crippen LogP contribution in [0.15, 0.2) is 22.5 Å². The first kappa shape index (κ1) is 21.4. The Morgan fingerprint density at radius 3 is 2.62 bits per heavy atom. The lowest BCUT2D eigenvalue weighted by Gasteiger charge is -2.22. The molecule has 1 fully saturated rings. The number of nitrogens with one attached hydrogen (secondary N) is 2. The minimum Gasteiger partial charge on any atom is -0.493 e. The van der Waals surface area contributed by atoms with Gasteiger partial charge in [0, 0.05) is 11.6 Å². The standard InChI is InChI=1S/C19H24N4O4S2/c1-26-14-9-8-12(10-15(14)27-2)17(25)21-18-22-23-19(29-18)28-11-16(24)20-13-6-4-3-5-7-13/h8-10,13H,3-7,11H2,1-2H3,(H,20,24)(H,21,22,25). The fourth-order valence-corrected chi connectivity index (χ4v) is 4.67. The summed E-state index contributed by atoms with van der Waals surface area (Å²) in [5.74, 6) is 0.985. The van der Waals surface area contributed by atoms with Crippen LogP contribution in [0.5, 0.6) is 11.5 Å². The Bertz CT molecular complexity index is 852. The maximum Gasteiger partial charge on any atom is 0.257 e. The highest BCUT2D eigenvalue weighted by atomic mass is 32.2. The maximum atomic E-state index is 12.4. The Morgan fingerprint density at radius 1 is 1.14 bits per heavy atom. The lowest BCUT2D eigenvalue weighted by Crippen LogP contribution is -2.37. The van der Waals surface area contributed by atoms with E-state index in [2.05, 4.69) is 20.8 Å². The molecule has 0 radical (unpaired) electrons. The van der Waals surface area contributed by atoms with Crippen molar-refractivity contribution in [1.82, 2.24) is 15.5 Å². The van der Waals surface area contributed by atoms with Crippen LogP contribution >= 0.6 is 23.1 Å². The topological polar surface area (TPSA) is 102 Å². The van der Waals surface area contributed by atoms with Gasteiger partial charge in [0.05, 0.1) is 20.0 Å². The molecule has 0 aliphatic heterocycles. The highest BCUT2D eigenvalue weighted by molar-refractivity contribution is 8.01. The number of rotatable bonds is 8. The van der Waals surface area contributed by atoms with E-state index in [4.69, 9.17) is 9.47 Å². The van der Waals surface area contributed by atoms with Crippen LogP contribution < -0.4 is 20.1 Å². The Labute approximate surface area is 177 Å². The van der Waals surface area contributed by atoms with Crippen LogP contribution in [0, 0.1) is 0 Å². The summed E-state index contributed by atoms with van der Waals surface area (Å²) in [6.45, 7) is 0. The van der Waals surface area contributed by atoms with Gasteiger partial charge in [0.25, 0.3) is 5.91 Å². The maximum absolute atomic E-state index is 12.4. The number of amides is 2. The molecule has 156 valence electrons. The van der Waals surface area contributed by atoms with Gasteiger partial charge in [0.15, 0.2) is 15.8 Å². The second-order valence-corrected chi connectivity index (χ2v) is 8.79. The number of nitrogens with zero attached hydrogens (tertiary/aromatic N) is 2. The van der Waals surface area contributed by atoms with Gasteiger partial charge in [-0.3, -0.25) is 14.9 Å². The second-order valence-electron chi connectivity index (χ2n) is 6.59. The minimum absolute atomic E-state index is 0.00742. The van der Waals surface area contributed by atoms with Crippen molar-refractivity contribution in [2.45, 2.75) is 42.5 Å². The summed E-state index contributed by atoms with van der Waals surface area (Å²) in [5.41, 5.74) is 0.416. The molecule has 2 amide bonds. The first-order chi connectivity index (χ1) is 14.1. The molecule has 0 spiro atoms. The molecule has 29 heavy (non-hydrogen) atoms. The van der Waals surface area contributed by atoms with E-state index in [-0.39, 0.29) is 17.6 Å². The molecule has 2 aromatic rings. The van der Waals surface area contributed by atoms with Crippen LogP contribution in [-0.2, 0) is 4.79 Å². The van der Waals surface area contributed by atoms with E-state index in [0.717, 1.165) is 12.8 Å².